The first-order chi connectivity index (χ1) is 9.58. The van der Waals surface area contributed by atoms with Gasteiger partial charge in [-0.25, -0.2) is 0 Å². The molecule has 0 radical (unpaired) electrons. The number of benzene rings is 1. The fourth-order valence-electron chi connectivity index (χ4n) is 2.44. The van der Waals surface area contributed by atoms with Crippen LogP contribution in [0.3, 0.4) is 0 Å². The van der Waals surface area contributed by atoms with Crippen molar-refractivity contribution in [2.75, 3.05) is 32.7 Å². The van der Waals surface area contributed by atoms with Crippen molar-refractivity contribution in [3.05, 3.63) is 35.9 Å². The van der Waals surface area contributed by atoms with E-state index in [0.717, 1.165) is 18.7 Å². The third kappa shape index (κ3) is 3.79. The normalized spacial score (nSPS) is 19.6. The molecule has 5 nitrogen and oxygen atoms in total. The molecule has 2 N–H and O–H groups in total. The van der Waals surface area contributed by atoms with Gasteiger partial charge in [-0.2, -0.15) is 0 Å². The van der Waals surface area contributed by atoms with Crippen LogP contribution < -0.4 is 0 Å². The van der Waals surface area contributed by atoms with Gasteiger partial charge in [0, 0.05) is 32.7 Å². The molecule has 2 rings (SSSR count). The third-order valence-corrected chi connectivity index (χ3v) is 3.66. The van der Waals surface area contributed by atoms with Crippen molar-refractivity contribution in [1.82, 2.24) is 9.80 Å². The molecule has 1 amide bonds. The molecule has 1 aliphatic rings. The fraction of sp³-hybridized carbons (Fsp3) is 0.533. The molecule has 1 aromatic rings. The summed E-state index contributed by atoms with van der Waals surface area (Å²) >= 11 is 0. The van der Waals surface area contributed by atoms with Crippen molar-refractivity contribution >= 4 is 5.91 Å². The van der Waals surface area contributed by atoms with E-state index >= 15 is 0 Å². The van der Waals surface area contributed by atoms with Gasteiger partial charge in [0.1, 0.15) is 6.10 Å². The number of rotatable bonds is 4. The number of aliphatic hydroxyl groups is 2. The first-order valence-corrected chi connectivity index (χ1v) is 7.00. The SMILES string of the molecule is CC(O)C(=O)N1CCN(CC(O)c2ccccc2)CC1. The van der Waals surface area contributed by atoms with Crippen LogP contribution >= 0.6 is 0 Å². The Kier molecular flexibility index (Phi) is 5.11. The molecule has 1 aliphatic heterocycles. The molecule has 0 spiro atoms. The van der Waals surface area contributed by atoms with Crippen molar-refractivity contribution in [2.45, 2.75) is 19.1 Å². The number of hydrogen-bond donors (Lipinski definition) is 2. The summed E-state index contributed by atoms with van der Waals surface area (Å²) in [5.74, 6) is -0.215. The van der Waals surface area contributed by atoms with Gasteiger partial charge in [0.05, 0.1) is 6.10 Å². The minimum absolute atomic E-state index is 0.215. The van der Waals surface area contributed by atoms with Crippen molar-refractivity contribution in [2.24, 2.45) is 0 Å². The second kappa shape index (κ2) is 6.83. The highest BCUT2D eigenvalue weighted by Crippen LogP contribution is 2.15. The molecule has 2 atom stereocenters. The summed E-state index contributed by atoms with van der Waals surface area (Å²) in [5, 5.41) is 19.5. The number of carbonyl (C=O) groups excluding carboxylic acids is 1. The minimum atomic E-state index is -0.934. The predicted octanol–water partition coefficient (Wildman–Crippen LogP) is 0.245. The largest absolute Gasteiger partial charge is 0.387 e. The molecule has 110 valence electrons. The van der Waals surface area contributed by atoms with E-state index in [4.69, 9.17) is 0 Å². The topological polar surface area (TPSA) is 64.0 Å². The molecule has 0 aromatic heterocycles. The first kappa shape index (κ1) is 15.0. The molecular formula is C15H22N2O3. The number of aliphatic hydroxyl groups excluding tert-OH is 2. The summed E-state index contributed by atoms with van der Waals surface area (Å²) < 4.78 is 0. The molecular weight excluding hydrogens is 256 g/mol. The molecule has 5 heteroatoms. The molecule has 1 heterocycles. The van der Waals surface area contributed by atoms with E-state index < -0.39 is 12.2 Å². The molecule has 0 bridgehead atoms. The maximum Gasteiger partial charge on any atom is 0.251 e. The second-order valence-corrected chi connectivity index (χ2v) is 5.23. The van der Waals surface area contributed by atoms with E-state index in [-0.39, 0.29) is 5.91 Å². The van der Waals surface area contributed by atoms with Gasteiger partial charge in [-0.1, -0.05) is 30.3 Å². The monoisotopic (exact) mass is 278 g/mol. The summed E-state index contributed by atoms with van der Waals surface area (Å²) in [5.41, 5.74) is 0.912. The van der Waals surface area contributed by atoms with Crippen LogP contribution in [-0.4, -0.2) is 64.7 Å². The third-order valence-electron chi connectivity index (χ3n) is 3.66. The van der Waals surface area contributed by atoms with E-state index in [1.807, 2.05) is 30.3 Å². The van der Waals surface area contributed by atoms with Crippen LogP contribution in [0.1, 0.15) is 18.6 Å². The Balaban J connectivity index is 1.81. The zero-order chi connectivity index (χ0) is 14.5. The number of carbonyl (C=O) groups is 1. The molecule has 0 aliphatic carbocycles. The number of β-amino-alcohol motifs (C(OH)–C–C–N with tert-alkyl or cyclic N) is 1. The average molecular weight is 278 g/mol. The number of amides is 1. The Hall–Kier alpha value is -1.43. The highest BCUT2D eigenvalue weighted by molar-refractivity contribution is 5.80. The maximum atomic E-state index is 11.7. The fourth-order valence-corrected chi connectivity index (χ4v) is 2.44. The van der Waals surface area contributed by atoms with E-state index in [9.17, 15) is 15.0 Å². The first-order valence-electron chi connectivity index (χ1n) is 7.00. The zero-order valence-electron chi connectivity index (χ0n) is 11.8. The van der Waals surface area contributed by atoms with Gasteiger partial charge in [-0.15, -0.1) is 0 Å². The Bertz CT molecular complexity index is 428. The Morgan fingerprint density at radius 1 is 1.15 bits per heavy atom. The lowest BCUT2D eigenvalue weighted by molar-refractivity contribution is -0.141. The highest BCUT2D eigenvalue weighted by atomic mass is 16.3. The van der Waals surface area contributed by atoms with Crippen LogP contribution in [0.4, 0.5) is 0 Å². The second-order valence-electron chi connectivity index (χ2n) is 5.23. The molecule has 0 saturated carbocycles. The molecule has 1 saturated heterocycles. The van der Waals surface area contributed by atoms with Crippen LogP contribution in [0.25, 0.3) is 0 Å². The lowest BCUT2D eigenvalue weighted by atomic mass is 10.1. The van der Waals surface area contributed by atoms with Crippen molar-refractivity contribution in [3.8, 4) is 0 Å². The minimum Gasteiger partial charge on any atom is -0.387 e. The van der Waals surface area contributed by atoms with E-state index in [1.165, 1.54) is 6.92 Å². The lowest BCUT2D eigenvalue weighted by Crippen LogP contribution is -2.51. The van der Waals surface area contributed by atoms with Crippen LogP contribution in [0.2, 0.25) is 0 Å². The van der Waals surface area contributed by atoms with Crippen molar-refractivity contribution in [3.63, 3.8) is 0 Å². The Morgan fingerprint density at radius 3 is 2.30 bits per heavy atom. The number of hydrogen-bond acceptors (Lipinski definition) is 4. The average Bonchev–Trinajstić information content (AvgIpc) is 2.48. The van der Waals surface area contributed by atoms with Gasteiger partial charge in [0.2, 0.25) is 0 Å². The van der Waals surface area contributed by atoms with Gasteiger partial charge in [-0.3, -0.25) is 9.69 Å². The van der Waals surface area contributed by atoms with Gasteiger partial charge >= 0.3 is 0 Å². The maximum absolute atomic E-state index is 11.7. The molecule has 1 fully saturated rings. The van der Waals surface area contributed by atoms with Crippen LogP contribution in [0, 0.1) is 0 Å². The predicted molar refractivity (Wildman–Crippen MR) is 76.1 cm³/mol. The quantitative estimate of drug-likeness (QED) is 0.828. The van der Waals surface area contributed by atoms with Gasteiger partial charge in [0.15, 0.2) is 0 Å². The van der Waals surface area contributed by atoms with Crippen LogP contribution in [0.15, 0.2) is 30.3 Å². The van der Waals surface area contributed by atoms with Gasteiger partial charge in [-0.05, 0) is 12.5 Å². The van der Waals surface area contributed by atoms with Crippen LogP contribution in [0.5, 0.6) is 0 Å². The van der Waals surface area contributed by atoms with E-state index in [2.05, 4.69) is 4.90 Å². The van der Waals surface area contributed by atoms with Gasteiger partial charge < -0.3 is 15.1 Å². The highest BCUT2D eigenvalue weighted by Gasteiger charge is 2.24. The number of piperazine rings is 1. The smallest absolute Gasteiger partial charge is 0.251 e. The summed E-state index contributed by atoms with van der Waals surface area (Å²) in [6, 6.07) is 9.59. The number of nitrogens with zero attached hydrogens (tertiary/aromatic N) is 2. The summed E-state index contributed by atoms with van der Waals surface area (Å²) in [4.78, 5) is 15.5. The van der Waals surface area contributed by atoms with Gasteiger partial charge in [0.25, 0.3) is 5.91 Å². The molecule has 2 unspecified atom stereocenters. The molecule has 20 heavy (non-hydrogen) atoms. The van der Waals surface area contributed by atoms with Crippen molar-refractivity contribution in [1.29, 1.82) is 0 Å². The van der Waals surface area contributed by atoms with Crippen LogP contribution in [-0.2, 0) is 4.79 Å². The van der Waals surface area contributed by atoms with E-state index in [0.29, 0.717) is 19.6 Å². The standard InChI is InChI=1S/C15H22N2O3/c1-12(18)15(20)17-9-7-16(8-10-17)11-14(19)13-5-3-2-4-6-13/h2-6,12,14,18-19H,7-11H2,1H3. The summed E-state index contributed by atoms with van der Waals surface area (Å²) in [6.45, 7) is 4.72. The summed E-state index contributed by atoms with van der Waals surface area (Å²) in [6.07, 6.45) is -1.44. The Morgan fingerprint density at radius 2 is 1.75 bits per heavy atom. The zero-order valence-corrected chi connectivity index (χ0v) is 11.8. The van der Waals surface area contributed by atoms with E-state index in [1.54, 1.807) is 4.90 Å². The van der Waals surface area contributed by atoms with Crippen molar-refractivity contribution < 1.29 is 15.0 Å². The lowest BCUT2D eigenvalue weighted by Gasteiger charge is -2.36. The summed E-state index contributed by atoms with van der Waals surface area (Å²) in [7, 11) is 0. The molecule has 1 aromatic carbocycles. The Labute approximate surface area is 119 Å².